The minimum Gasteiger partial charge on any atom is -0.484 e. The topological polar surface area (TPSA) is 122 Å². The summed E-state index contributed by atoms with van der Waals surface area (Å²) in [6.07, 6.45) is 3.38. The first-order chi connectivity index (χ1) is 18.7. The molecule has 0 bridgehead atoms. The molecular formula is C28H33N3O6S2. The quantitative estimate of drug-likeness (QED) is 0.345. The molecule has 1 heterocycles. The Morgan fingerprint density at radius 2 is 1.41 bits per heavy atom. The molecule has 4 rings (SSSR count). The zero-order valence-corrected chi connectivity index (χ0v) is 23.2. The Morgan fingerprint density at radius 3 is 2.08 bits per heavy atom. The summed E-state index contributed by atoms with van der Waals surface area (Å²) < 4.78 is 60.2. The molecule has 11 heteroatoms. The van der Waals surface area contributed by atoms with E-state index in [1.807, 2.05) is 30.3 Å². The molecule has 39 heavy (non-hydrogen) atoms. The molecule has 9 nitrogen and oxygen atoms in total. The molecule has 3 aromatic carbocycles. The Morgan fingerprint density at radius 1 is 0.769 bits per heavy atom. The molecule has 3 aromatic rings. The highest BCUT2D eigenvalue weighted by molar-refractivity contribution is 7.89. The predicted octanol–water partition coefficient (Wildman–Crippen LogP) is 3.08. The van der Waals surface area contributed by atoms with E-state index in [4.69, 9.17) is 4.74 Å². The van der Waals surface area contributed by atoms with Gasteiger partial charge in [-0.15, -0.1) is 0 Å². The molecule has 0 spiro atoms. The smallest absolute Gasteiger partial charge is 0.258 e. The summed E-state index contributed by atoms with van der Waals surface area (Å²) in [5.41, 5.74) is 1.80. The van der Waals surface area contributed by atoms with Crippen molar-refractivity contribution >= 4 is 26.0 Å². The number of hydrogen-bond acceptors (Lipinski definition) is 6. The van der Waals surface area contributed by atoms with Gasteiger partial charge in [0.2, 0.25) is 20.0 Å². The van der Waals surface area contributed by atoms with Gasteiger partial charge in [-0.1, -0.05) is 48.9 Å². The molecule has 1 aliphatic rings. The normalized spacial score (nSPS) is 14.6. The maximum Gasteiger partial charge on any atom is 0.258 e. The summed E-state index contributed by atoms with van der Waals surface area (Å²) in [5.74, 6) is -0.0000470. The second-order valence-electron chi connectivity index (χ2n) is 9.28. The number of rotatable bonds is 12. The summed E-state index contributed by atoms with van der Waals surface area (Å²) in [7, 11) is -7.16. The Bertz CT molecular complexity index is 1440. The van der Waals surface area contributed by atoms with Crippen LogP contribution in [0.4, 0.5) is 0 Å². The maximum absolute atomic E-state index is 12.8. The molecule has 1 amide bonds. The third-order valence-electron chi connectivity index (χ3n) is 6.42. The number of benzene rings is 3. The second-order valence-corrected chi connectivity index (χ2v) is 13.0. The minimum atomic E-state index is -3.66. The number of carbonyl (C=O) groups excluding carboxylic acids is 1. The van der Waals surface area contributed by atoms with Gasteiger partial charge in [0.05, 0.1) is 9.79 Å². The lowest BCUT2D eigenvalue weighted by Gasteiger charge is -2.25. The fraction of sp³-hybridized carbons (Fsp3) is 0.321. The van der Waals surface area contributed by atoms with Gasteiger partial charge in [-0.05, 0) is 66.8 Å². The van der Waals surface area contributed by atoms with Crippen molar-refractivity contribution in [2.24, 2.45) is 0 Å². The van der Waals surface area contributed by atoms with Crippen LogP contribution in [0.2, 0.25) is 0 Å². The van der Waals surface area contributed by atoms with Gasteiger partial charge in [0.1, 0.15) is 5.75 Å². The number of piperidine rings is 1. The van der Waals surface area contributed by atoms with Crippen molar-refractivity contribution < 1.29 is 26.4 Å². The fourth-order valence-corrected chi connectivity index (χ4v) is 6.76. The average molecular weight is 572 g/mol. The standard InChI is InChI=1S/C28H33N3O6S2/c32-28(29-21-24-9-13-27(14-10-24)39(35,36)31-19-5-2-6-20-31)22-37-25-11-15-26(16-12-25)38(33,34)30-18-17-23-7-3-1-4-8-23/h1,3-4,7-16,30H,2,5-6,17-22H2,(H,29,32). The predicted molar refractivity (Wildman–Crippen MR) is 148 cm³/mol. The van der Waals surface area contributed by atoms with E-state index < -0.39 is 20.0 Å². The van der Waals surface area contributed by atoms with E-state index in [-0.39, 0.29) is 35.4 Å². The summed E-state index contributed by atoms with van der Waals surface area (Å²) in [6, 6.07) is 22.0. The third-order valence-corrected chi connectivity index (χ3v) is 9.81. The van der Waals surface area contributed by atoms with Crippen LogP contribution in [0, 0.1) is 0 Å². The van der Waals surface area contributed by atoms with Gasteiger partial charge in [-0.25, -0.2) is 21.6 Å². The molecule has 0 unspecified atom stereocenters. The highest BCUT2D eigenvalue weighted by Crippen LogP contribution is 2.21. The first-order valence-electron chi connectivity index (χ1n) is 12.9. The highest BCUT2D eigenvalue weighted by atomic mass is 32.2. The van der Waals surface area contributed by atoms with Crippen molar-refractivity contribution in [2.75, 3.05) is 26.2 Å². The molecule has 1 aliphatic heterocycles. The Labute approximate surface area is 230 Å². The average Bonchev–Trinajstić information content (AvgIpc) is 2.96. The monoisotopic (exact) mass is 571 g/mol. The van der Waals surface area contributed by atoms with Gasteiger partial charge in [0.25, 0.3) is 5.91 Å². The SMILES string of the molecule is O=C(COc1ccc(S(=O)(=O)NCCc2ccccc2)cc1)NCc1ccc(S(=O)(=O)N2CCCCC2)cc1. The minimum absolute atomic E-state index is 0.109. The lowest BCUT2D eigenvalue weighted by Crippen LogP contribution is -2.35. The number of nitrogens with zero attached hydrogens (tertiary/aromatic N) is 1. The molecule has 1 saturated heterocycles. The molecule has 0 aliphatic carbocycles. The molecule has 1 fully saturated rings. The molecule has 0 saturated carbocycles. The third kappa shape index (κ3) is 8.12. The Hall–Kier alpha value is -3.25. The maximum atomic E-state index is 12.8. The van der Waals surface area contributed by atoms with Crippen molar-refractivity contribution in [3.05, 3.63) is 90.0 Å². The van der Waals surface area contributed by atoms with Crippen LogP contribution in [0.25, 0.3) is 0 Å². The first kappa shape index (κ1) is 28.8. The van der Waals surface area contributed by atoms with E-state index in [2.05, 4.69) is 10.0 Å². The summed E-state index contributed by atoms with van der Waals surface area (Å²) >= 11 is 0. The first-order valence-corrected chi connectivity index (χ1v) is 15.8. The zero-order valence-electron chi connectivity index (χ0n) is 21.6. The van der Waals surface area contributed by atoms with Crippen LogP contribution in [0.5, 0.6) is 5.75 Å². The van der Waals surface area contributed by atoms with Crippen LogP contribution in [0.15, 0.2) is 88.7 Å². The second kappa shape index (κ2) is 13.2. The van der Waals surface area contributed by atoms with Gasteiger partial charge in [0, 0.05) is 26.2 Å². The van der Waals surface area contributed by atoms with E-state index in [9.17, 15) is 21.6 Å². The number of carbonyl (C=O) groups is 1. The lowest BCUT2D eigenvalue weighted by atomic mass is 10.2. The van der Waals surface area contributed by atoms with Crippen molar-refractivity contribution in [2.45, 2.75) is 42.0 Å². The number of nitrogens with one attached hydrogen (secondary N) is 2. The molecule has 0 atom stereocenters. The van der Waals surface area contributed by atoms with Gasteiger partial charge in [0.15, 0.2) is 6.61 Å². The molecule has 0 aromatic heterocycles. The van der Waals surface area contributed by atoms with Crippen molar-refractivity contribution in [1.82, 2.24) is 14.3 Å². The Kier molecular flexibility index (Phi) is 9.73. The molecule has 0 radical (unpaired) electrons. The number of amides is 1. The van der Waals surface area contributed by atoms with E-state index in [0.717, 1.165) is 30.4 Å². The van der Waals surface area contributed by atoms with Gasteiger partial charge >= 0.3 is 0 Å². The van der Waals surface area contributed by atoms with Crippen LogP contribution < -0.4 is 14.8 Å². The van der Waals surface area contributed by atoms with Gasteiger partial charge < -0.3 is 10.1 Å². The van der Waals surface area contributed by atoms with E-state index >= 15 is 0 Å². The summed E-state index contributed by atoms with van der Waals surface area (Å²) in [4.78, 5) is 12.6. The van der Waals surface area contributed by atoms with Gasteiger partial charge in [-0.2, -0.15) is 4.31 Å². The van der Waals surface area contributed by atoms with Gasteiger partial charge in [-0.3, -0.25) is 4.79 Å². The zero-order chi connectivity index (χ0) is 27.7. The summed E-state index contributed by atoms with van der Waals surface area (Å²) in [5, 5.41) is 2.73. The number of ether oxygens (including phenoxy) is 1. The molecule has 208 valence electrons. The van der Waals surface area contributed by atoms with Crippen molar-refractivity contribution in [1.29, 1.82) is 0 Å². The number of hydrogen-bond donors (Lipinski definition) is 2. The van der Waals surface area contributed by atoms with Crippen LogP contribution in [-0.4, -0.2) is 53.3 Å². The van der Waals surface area contributed by atoms with Crippen LogP contribution in [-0.2, 0) is 37.8 Å². The van der Waals surface area contributed by atoms with Crippen molar-refractivity contribution in [3.8, 4) is 5.75 Å². The number of sulfonamides is 2. The Balaban J connectivity index is 1.21. The van der Waals surface area contributed by atoms with E-state index in [1.165, 1.54) is 28.6 Å². The fourth-order valence-electron chi connectivity index (χ4n) is 4.21. The lowest BCUT2D eigenvalue weighted by molar-refractivity contribution is -0.123. The van der Waals surface area contributed by atoms with Crippen LogP contribution >= 0.6 is 0 Å². The molecule has 2 N–H and O–H groups in total. The van der Waals surface area contributed by atoms with Crippen LogP contribution in [0.1, 0.15) is 30.4 Å². The van der Waals surface area contributed by atoms with E-state index in [0.29, 0.717) is 25.3 Å². The summed E-state index contributed by atoms with van der Waals surface area (Å²) in [6.45, 7) is 1.34. The largest absolute Gasteiger partial charge is 0.484 e. The highest BCUT2D eigenvalue weighted by Gasteiger charge is 2.25. The van der Waals surface area contributed by atoms with Crippen LogP contribution in [0.3, 0.4) is 0 Å². The van der Waals surface area contributed by atoms with Crippen molar-refractivity contribution in [3.63, 3.8) is 0 Å². The molecular weight excluding hydrogens is 538 g/mol. The van der Waals surface area contributed by atoms with E-state index in [1.54, 1.807) is 24.3 Å².